The van der Waals surface area contributed by atoms with E-state index in [2.05, 4.69) is 5.32 Å². The van der Waals surface area contributed by atoms with Gasteiger partial charge in [-0.2, -0.15) is 0 Å². The largest absolute Gasteiger partial charge is 0.462 e. The molecule has 1 N–H and O–H groups in total. The predicted octanol–water partition coefficient (Wildman–Crippen LogP) is 5.02. The van der Waals surface area contributed by atoms with Crippen LogP contribution in [0.25, 0.3) is 21.9 Å². The zero-order valence-electron chi connectivity index (χ0n) is 14.7. The van der Waals surface area contributed by atoms with Crippen LogP contribution in [-0.2, 0) is 4.74 Å². The molecule has 4 aromatic rings. The first kappa shape index (κ1) is 16.8. The minimum absolute atomic E-state index is 0.230. The van der Waals surface area contributed by atoms with Crippen LogP contribution in [0.1, 0.15) is 27.6 Å². The highest BCUT2D eigenvalue weighted by atomic mass is 16.5. The number of esters is 1. The standard InChI is InChI=1S/C22H17NO4/c1-2-26-22(25)14-7-10-16(11-8-14)23-21(24)15-9-12-20-18(13-15)17-5-3-4-6-19(17)27-20/h3-13H,2H2,1H3,(H,23,24). The number of nitrogens with one attached hydrogen (secondary N) is 1. The number of carbonyl (C=O) groups is 2. The van der Waals surface area contributed by atoms with Gasteiger partial charge in [0.05, 0.1) is 12.2 Å². The fourth-order valence-corrected chi connectivity index (χ4v) is 2.97. The first-order valence-corrected chi connectivity index (χ1v) is 8.65. The number of carbonyl (C=O) groups excluding carboxylic acids is 2. The Morgan fingerprint density at radius 1 is 0.889 bits per heavy atom. The Morgan fingerprint density at radius 2 is 1.59 bits per heavy atom. The minimum atomic E-state index is -0.382. The van der Waals surface area contributed by atoms with Gasteiger partial charge in [-0.25, -0.2) is 4.79 Å². The molecule has 3 aromatic carbocycles. The average Bonchev–Trinajstić information content (AvgIpc) is 3.06. The van der Waals surface area contributed by atoms with Crippen molar-refractivity contribution in [3.63, 3.8) is 0 Å². The first-order chi connectivity index (χ1) is 13.2. The van der Waals surface area contributed by atoms with E-state index in [1.165, 1.54) is 0 Å². The Morgan fingerprint density at radius 3 is 2.37 bits per heavy atom. The third-order valence-corrected chi connectivity index (χ3v) is 4.29. The Bertz CT molecular complexity index is 1140. The van der Waals surface area contributed by atoms with Gasteiger partial charge in [0.1, 0.15) is 11.2 Å². The van der Waals surface area contributed by atoms with E-state index in [1.807, 2.05) is 30.3 Å². The molecule has 5 nitrogen and oxygen atoms in total. The summed E-state index contributed by atoms with van der Waals surface area (Å²) in [6.07, 6.45) is 0. The van der Waals surface area contributed by atoms with E-state index in [9.17, 15) is 9.59 Å². The molecule has 5 heteroatoms. The van der Waals surface area contributed by atoms with E-state index < -0.39 is 0 Å². The molecule has 1 amide bonds. The second kappa shape index (κ2) is 6.96. The Labute approximate surface area is 155 Å². The van der Waals surface area contributed by atoms with Crippen LogP contribution in [0.3, 0.4) is 0 Å². The molecule has 0 atom stereocenters. The summed E-state index contributed by atoms with van der Waals surface area (Å²) in [7, 11) is 0. The van der Waals surface area contributed by atoms with E-state index >= 15 is 0 Å². The normalized spacial score (nSPS) is 10.9. The number of amides is 1. The Balaban J connectivity index is 1.57. The molecular formula is C22H17NO4. The minimum Gasteiger partial charge on any atom is -0.462 e. The number of ether oxygens (including phenoxy) is 1. The third kappa shape index (κ3) is 3.27. The lowest BCUT2D eigenvalue weighted by molar-refractivity contribution is 0.0526. The number of furan rings is 1. The second-order valence-electron chi connectivity index (χ2n) is 6.06. The van der Waals surface area contributed by atoms with E-state index in [4.69, 9.17) is 9.15 Å². The van der Waals surface area contributed by atoms with Crippen LogP contribution in [0.2, 0.25) is 0 Å². The maximum atomic E-state index is 12.6. The Hall–Kier alpha value is -3.60. The van der Waals surface area contributed by atoms with Crippen molar-refractivity contribution in [3.8, 4) is 0 Å². The van der Waals surface area contributed by atoms with Gasteiger partial charge in [-0.3, -0.25) is 4.79 Å². The van der Waals surface area contributed by atoms with Crippen molar-refractivity contribution in [3.05, 3.63) is 77.9 Å². The fourth-order valence-electron chi connectivity index (χ4n) is 2.97. The highest BCUT2D eigenvalue weighted by Gasteiger charge is 2.12. The molecule has 0 aliphatic rings. The van der Waals surface area contributed by atoms with E-state index in [0.29, 0.717) is 23.4 Å². The molecule has 1 aromatic heterocycles. The van der Waals surface area contributed by atoms with Crippen LogP contribution < -0.4 is 5.32 Å². The zero-order valence-corrected chi connectivity index (χ0v) is 14.7. The summed E-state index contributed by atoms with van der Waals surface area (Å²) in [4.78, 5) is 24.3. The summed E-state index contributed by atoms with van der Waals surface area (Å²) in [6.45, 7) is 2.08. The van der Waals surface area contributed by atoms with Crippen LogP contribution in [-0.4, -0.2) is 18.5 Å². The molecule has 0 radical (unpaired) electrons. The second-order valence-corrected chi connectivity index (χ2v) is 6.06. The van der Waals surface area contributed by atoms with Crippen molar-refractivity contribution in [2.45, 2.75) is 6.92 Å². The molecule has 0 bridgehead atoms. The van der Waals surface area contributed by atoms with Crippen LogP contribution in [0.5, 0.6) is 0 Å². The number of rotatable bonds is 4. The summed E-state index contributed by atoms with van der Waals surface area (Å²) >= 11 is 0. The monoisotopic (exact) mass is 359 g/mol. The molecule has 0 fully saturated rings. The van der Waals surface area contributed by atoms with E-state index in [1.54, 1.807) is 43.3 Å². The smallest absolute Gasteiger partial charge is 0.338 e. The number of hydrogen-bond donors (Lipinski definition) is 1. The van der Waals surface area contributed by atoms with Gasteiger partial charge in [0, 0.05) is 22.0 Å². The summed E-state index contributed by atoms with van der Waals surface area (Å²) in [5, 5.41) is 4.71. The zero-order chi connectivity index (χ0) is 18.8. The molecule has 0 saturated carbocycles. The topological polar surface area (TPSA) is 68.5 Å². The van der Waals surface area contributed by atoms with Crippen molar-refractivity contribution in [2.24, 2.45) is 0 Å². The van der Waals surface area contributed by atoms with Gasteiger partial charge in [0.15, 0.2) is 0 Å². The SMILES string of the molecule is CCOC(=O)c1ccc(NC(=O)c2ccc3oc4ccccc4c3c2)cc1. The van der Waals surface area contributed by atoms with E-state index in [-0.39, 0.29) is 11.9 Å². The molecule has 1 heterocycles. The van der Waals surface area contributed by atoms with Crippen LogP contribution >= 0.6 is 0 Å². The van der Waals surface area contributed by atoms with Gasteiger partial charge in [-0.05, 0) is 55.5 Å². The first-order valence-electron chi connectivity index (χ1n) is 8.65. The molecule has 134 valence electrons. The van der Waals surface area contributed by atoms with Gasteiger partial charge in [-0.15, -0.1) is 0 Å². The molecule has 0 unspecified atom stereocenters. The number of hydrogen-bond acceptors (Lipinski definition) is 4. The number of anilines is 1. The van der Waals surface area contributed by atoms with Crippen LogP contribution in [0, 0.1) is 0 Å². The van der Waals surface area contributed by atoms with Gasteiger partial charge < -0.3 is 14.5 Å². The number of fused-ring (bicyclic) bond motifs is 3. The molecule has 4 rings (SSSR count). The fraction of sp³-hybridized carbons (Fsp3) is 0.0909. The molecule has 0 aliphatic heterocycles. The lowest BCUT2D eigenvalue weighted by Crippen LogP contribution is -2.12. The van der Waals surface area contributed by atoms with Gasteiger partial charge in [-0.1, -0.05) is 18.2 Å². The maximum Gasteiger partial charge on any atom is 0.338 e. The highest BCUT2D eigenvalue weighted by Crippen LogP contribution is 2.29. The quantitative estimate of drug-likeness (QED) is 0.520. The van der Waals surface area contributed by atoms with Crippen LogP contribution in [0.4, 0.5) is 5.69 Å². The van der Waals surface area contributed by atoms with Crippen molar-refractivity contribution in [1.82, 2.24) is 0 Å². The average molecular weight is 359 g/mol. The number of para-hydroxylation sites is 1. The lowest BCUT2D eigenvalue weighted by Gasteiger charge is -2.07. The lowest BCUT2D eigenvalue weighted by atomic mass is 10.1. The van der Waals surface area contributed by atoms with Gasteiger partial charge in [0.2, 0.25) is 0 Å². The molecule has 0 spiro atoms. The van der Waals surface area contributed by atoms with Gasteiger partial charge in [0.25, 0.3) is 5.91 Å². The van der Waals surface area contributed by atoms with Gasteiger partial charge >= 0.3 is 5.97 Å². The highest BCUT2D eigenvalue weighted by molar-refractivity contribution is 6.11. The van der Waals surface area contributed by atoms with Crippen molar-refractivity contribution >= 4 is 39.5 Å². The van der Waals surface area contributed by atoms with Crippen molar-refractivity contribution in [2.75, 3.05) is 11.9 Å². The van der Waals surface area contributed by atoms with Crippen LogP contribution in [0.15, 0.2) is 71.1 Å². The third-order valence-electron chi connectivity index (χ3n) is 4.29. The molecule has 0 aliphatic carbocycles. The molecular weight excluding hydrogens is 342 g/mol. The predicted molar refractivity (Wildman–Crippen MR) is 104 cm³/mol. The summed E-state index contributed by atoms with van der Waals surface area (Å²) in [5.74, 6) is -0.612. The number of benzene rings is 3. The molecule has 0 saturated heterocycles. The Kier molecular flexibility index (Phi) is 4.34. The van der Waals surface area contributed by atoms with E-state index in [0.717, 1.165) is 21.9 Å². The summed E-state index contributed by atoms with van der Waals surface area (Å²) < 4.78 is 10.7. The maximum absolute atomic E-state index is 12.6. The van der Waals surface area contributed by atoms with Crippen molar-refractivity contribution < 1.29 is 18.7 Å². The summed E-state index contributed by atoms with van der Waals surface area (Å²) in [5.41, 5.74) is 3.11. The molecule has 27 heavy (non-hydrogen) atoms. The van der Waals surface area contributed by atoms with Crippen molar-refractivity contribution in [1.29, 1.82) is 0 Å². The summed E-state index contributed by atoms with van der Waals surface area (Å²) in [6, 6.07) is 19.7.